The van der Waals surface area contributed by atoms with Crippen LogP contribution in [0.3, 0.4) is 0 Å². The van der Waals surface area contributed by atoms with E-state index >= 15 is 0 Å². The summed E-state index contributed by atoms with van der Waals surface area (Å²) in [6.45, 7) is -0.231. The summed E-state index contributed by atoms with van der Waals surface area (Å²) in [4.78, 5) is 11.5. The van der Waals surface area contributed by atoms with Gasteiger partial charge in [0.05, 0.1) is 23.8 Å². The third-order valence-corrected chi connectivity index (χ3v) is 2.28. The minimum Gasteiger partial charge on any atom is -0.392 e. The van der Waals surface area contributed by atoms with Gasteiger partial charge in [-0.3, -0.25) is 4.79 Å². The Morgan fingerprint density at radius 2 is 2.19 bits per heavy atom. The highest BCUT2D eigenvalue weighted by Crippen LogP contribution is 2.21. The predicted molar refractivity (Wildman–Crippen MR) is 60.0 cm³/mol. The SMILES string of the molecule is CNC(=O)c1cc(C#N)c(CO)cc1NC. The second-order valence-electron chi connectivity index (χ2n) is 3.15. The lowest BCUT2D eigenvalue weighted by Crippen LogP contribution is -2.19. The molecule has 0 saturated heterocycles. The molecule has 0 heterocycles. The summed E-state index contributed by atoms with van der Waals surface area (Å²) in [5, 5.41) is 23.3. The highest BCUT2D eigenvalue weighted by molar-refractivity contribution is 6.00. The van der Waals surface area contributed by atoms with Crippen molar-refractivity contribution in [2.75, 3.05) is 19.4 Å². The van der Waals surface area contributed by atoms with Gasteiger partial charge < -0.3 is 15.7 Å². The van der Waals surface area contributed by atoms with E-state index in [0.717, 1.165) is 0 Å². The average molecular weight is 219 g/mol. The van der Waals surface area contributed by atoms with Crippen LogP contribution in [0.15, 0.2) is 12.1 Å². The Kier molecular flexibility index (Phi) is 3.86. The molecule has 0 bridgehead atoms. The Morgan fingerprint density at radius 1 is 1.50 bits per heavy atom. The number of anilines is 1. The van der Waals surface area contributed by atoms with E-state index in [-0.39, 0.29) is 12.5 Å². The Morgan fingerprint density at radius 3 is 2.62 bits per heavy atom. The van der Waals surface area contributed by atoms with Gasteiger partial charge in [-0.15, -0.1) is 0 Å². The van der Waals surface area contributed by atoms with Gasteiger partial charge in [0.25, 0.3) is 5.91 Å². The maximum Gasteiger partial charge on any atom is 0.253 e. The Balaban J connectivity index is 3.38. The molecule has 0 atom stereocenters. The van der Waals surface area contributed by atoms with Crippen molar-refractivity contribution in [2.24, 2.45) is 0 Å². The molecule has 0 aromatic heterocycles. The van der Waals surface area contributed by atoms with Gasteiger partial charge in [0, 0.05) is 19.8 Å². The molecular weight excluding hydrogens is 206 g/mol. The Bertz CT molecular complexity index is 449. The molecule has 0 radical (unpaired) electrons. The maximum absolute atomic E-state index is 11.5. The Labute approximate surface area is 93.7 Å². The van der Waals surface area contributed by atoms with Crippen molar-refractivity contribution in [1.29, 1.82) is 5.26 Å². The van der Waals surface area contributed by atoms with Crippen molar-refractivity contribution >= 4 is 11.6 Å². The molecule has 0 aliphatic heterocycles. The van der Waals surface area contributed by atoms with Gasteiger partial charge in [0.2, 0.25) is 0 Å². The van der Waals surface area contributed by atoms with Crippen molar-refractivity contribution in [3.8, 4) is 6.07 Å². The second-order valence-corrected chi connectivity index (χ2v) is 3.15. The van der Waals surface area contributed by atoms with Crippen LogP contribution in [0.1, 0.15) is 21.5 Å². The topological polar surface area (TPSA) is 85.2 Å². The number of aliphatic hydroxyl groups excluding tert-OH is 1. The molecule has 0 spiro atoms. The molecule has 1 rings (SSSR count). The number of hydrogen-bond acceptors (Lipinski definition) is 4. The van der Waals surface area contributed by atoms with Gasteiger partial charge >= 0.3 is 0 Å². The van der Waals surface area contributed by atoms with E-state index in [1.807, 2.05) is 6.07 Å². The molecule has 3 N–H and O–H groups in total. The van der Waals surface area contributed by atoms with Gasteiger partial charge in [0.15, 0.2) is 0 Å². The quantitative estimate of drug-likeness (QED) is 0.689. The van der Waals surface area contributed by atoms with Gasteiger partial charge in [-0.25, -0.2) is 0 Å². The van der Waals surface area contributed by atoms with Crippen LogP contribution in [0, 0.1) is 11.3 Å². The molecular formula is C11H13N3O2. The largest absolute Gasteiger partial charge is 0.392 e. The molecule has 0 aliphatic carbocycles. The van der Waals surface area contributed by atoms with E-state index in [4.69, 9.17) is 10.4 Å². The van der Waals surface area contributed by atoms with Crippen molar-refractivity contribution in [3.63, 3.8) is 0 Å². The summed E-state index contributed by atoms with van der Waals surface area (Å²) >= 11 is 0. The summed E-state index contributed by atoms with van der Waals surface area (Å²) in [6.07, 6.45) is 0. The van der Waals surface area contributed by atoms with Crippen LogP contribution in [0.4, 0.5) is 5.69 Å². The lowest BCUT2D eigenvalue weighted by atomic mass is 10.0. The first kappa shape index (κ1) is 12.0. The van der Waals surface area contributed by atoms with Gasteiger partial charge in [-0.1, -0.05) is 0 Å². The van der Waals surface area contributed by atoms with Crippen molar-refractivity contribution in [3.05, 3.63) is 28.8 Å². The number of hydrogen-bond donors (Lipinski definition) is 3. The van der Waals surface area contributed by atoms with E-state index < -0.39 is 0 Å². The van der Waals surface area contributed by atoms with Crippen LogP contribution in [0.25, 0.3) is 0 Å². The molecule has 5 heteroatoms. The maximum atomic E-state index is 11.5. The number of carbonyl (C=O) groups is 1. The molecule has 0 fully saturated rings. The van der Waals surface area contributed by atoms with E-state index in [1.165, 1.54) is 13.1 Å². The molecule has 84 valence electrons. The third kappa shape index (κ3) is 2.12. The number of benzene rings is 1. The van der Waals surface area contributed by atoms with Crippen LogP contribution < -0.4 is 10.6 Å². The number of aliphatic hydroxyl groups is 1. The van der Waals surface area contributed by atoms with Crippen LogP contribution in [-0.4, -0.2) is 25.1 Å². The number of nitriles is 1. The predicted octanol–water partition coefficient (Wildman–Crippen LogP) is 0.452. The summed E-state index contributed by atoms with van der Waals surface area (Å²) in [7, 11) is 3.20. The molecule has 0 aliphatic rings. The second kappa shape index (κ2) is 5.14. The van der Waals surface area contributed by atoms with Crippen LogP contribution in [-0.2, 0) is 6.61 Å². The first-order chi connectivity index (χ1) is 7.67. The highest BCUT2D eigenvalue weighted by atomic mass is 16.3. The van der Waals surface area contributed by atoms with Gasteiger partial charge in [-0.05, 0) is 17.7 Å². The zero-order chi connectivity index (χ0) is 12.1. The fraction of sp³-hybridized carbons (Fsp3) is 0.273. The van der Waals surface area contributed by atoms with Crippen LogP contribution >= 0.6 is 0 Å². The number of amides is 1. The summed E-state index contributed by atoms with van der Waals surface area (Å²) in [5.74, 6) is -0.273. The highest BCUT2D eigenvalue weighted by Gasteiger charge is 2.13. The van der Waals surface area contributed by atoms with Crippen molar-refractivity contribution < 1.29 is 9.90 Å². The summed E-state index contributed by atoms with van der Waals surface area (Å²) in [6, 6.07) is 5.02. The summed E-state index contributed by atoms with van der Waals surface area (Å²) in [5.41, 5.74) is 1.78. The molecule has 16 heavy (non-hydrogen) atoms. The minimum atomic E-state index is -0.273. The minimum absolute atomic E-state index is 0.231. The van der Waals surface area contributed by atoms with E-state index in [9.17, 15) is 4.79 Å². The van der Waals surface area contributed by atoms with Gasteiger partial charge in [0.1, 0.15) is 0 Å². The fourth-order valence-electron chi connectivity index (χ4n) is 1.41. The normalized spacial score (nSPS) is 9.38. The first-order valence-electron chi connectivity index (χ1n) is 4.75. The van der Waals surface area contributed by atoms with Crippen LogP contribution in [0.2, 0.25) is 0 Å². The van der Waals surface area contributed by atoms with E-state index in [0.29, 0.717) is 22.4 Å². The van der Waals surface area contributed by atoms with Crippen molar-refractivity contribution in [1.82, 2.24) is 5.32 Å². The smallest absolute Gasteiger partial charge is 0.253 e. The average Bonchev–Trinajstić information content (AvgIpc) is 2.35. The van der Waals surface area contributed by atoms with E-state index in [2.05, 4.69) is 10.6 Å². The lowest BCUT2D eigenvalue weighted by molar-refractivity contribution is 0.0964. The van der Waals surface area contributed by atoms with E-state index in [1.54, 1.807) is 13.1 Å². The zero-order valence-electron chi connectivity index (χ0n) is 9.16. The first-order valence-corrected chi connectivity index (χ1v) is 4.75. The summed E-state index contributed by atoms with van der Waals surface area (Å²) < 4.78 is 0. The monoisotopic (exact) mass is 219 g/mol. The standard InChI is InChI=1S/C11H13N3O2/c1-13-10-4-8(6-15)7(5-12)3-9(10)11(16)14-2/h3-4,13,15H,6H2,1-2H3,(H,14,16). The number of nitrogens with one attached hydrogen (secondary N) is 2. The zero-order valence-corrected chi connectivity index (χ0v) is 9.16. The van der Waals surface area contributed by atoms with Crippen molar-refractivity contribution in [2.45, 2.75) is 6.61 Å². The molecule has 0 unspecified atom stereocenters. The fourth-order valence-corrected chi connectivity index (χ4v) is 1.41. The number of nitrogens with zero attached hydrogens (tertiary/aromatic N) is 1. The molecule has 1 amide bonds. The third-order valence-electron chi connectivity index (χ3n) is 2.28. The molecule has 5 nitrogen and oxygen atoms in total. The molecule has 1 aromatic rings. The number of carbonyl (C=O) groups excluding carboxylic acids is 1. The Hall–Kier alpha value is -2.06. The van der Waals surface area contributed by atoms with Crippen LogP contribution in [0.5, 0.6) is 0 Å². The lowest BCUT2D eigenvalue weighted by Gasteiger charge is -2.11. The molecule has 1 aromatic carbocycles. The van der Waals surface area contributed by atoms with Gasteiger partial charge in [-0.2, -0.15) is 5.26 Å². The molecule has 0 saturated carbocycles. The number of rotatable bonds is 3.